The second-order valence-corrected chi connectivity index (χ2v) is 10.2. The highest BCUT2D eigenvalue weighted by Gasteiger charge is 2.32. The molecule has 0 aliphatic heterocycles. The molecular weight excluding hydrogens is 438 g/mol. The zero-order valence-corrected chi connectivity index (χ0v) is 21.0. The third-order valence-electron chi connectivity index (χ3n) is 5.44. The van der Waals surface area contributed by atoms with Gasteiger partial charge >= 0.3 is 0 Å². The summed E-state index contributed by atoms with van der Waals surface area (Å²) < 4.78 is 26.5. The van der Waals surface area contributed by atoms with Crippen molar-refractivity contribution in [3.8, 4) is 0 Å². The number of sulfonamides is 1. The average molecular weight is 474 g/mol. The number of hydrogen-bond acceptors (Lipinski definition) is 4. The molecule has 1 atom stereocenters. The van der Waals surface area contributed by atoms with Crippen molar-refractivity contribution in [2.24, 2.45) is 0 Å². The molecule has 1 N–H and O–H groups in total. The van der Waals surface area contributed by atoms with E-state index >= 15 is 0 Å². The van der Waals surface area contributed by atoms with E-state index in [0.717, 1.165) is 33.7 Å². The Morgan fingerprint density at radius 1 is 1.03 bits per heavy atom. The highest BCUT2D eigenvalue weighted by molar-refractivity contribution is 7.92. The van der Waals surface area contributed by atoms with Crippen LogP contribution in [0.15, 0.2) is 48.5 Å². The van der Waals surface area contributed by atoms with Crippen molar-refractivity contribution in [1.29, 1.82) is 0 Å². The van der Waals surface area contributed by atoms with E-state index in [1.807, 2.05) is 70.2 Å². The van der Waals surface area contributed by atoms with Gasteiger partial charge in [0.05, 0.1) is 11.9 Å². The molecule has 0 aliphatic carbocycles. The summed E-state index contributed by atoms with van der Waals surface area (Å²) in [5.74, 6) is -0.662. The van der Waals surface area contributed by atoms with Crippen molar-refractivity contribution in [3.05, 3.63) is 65.2 Å². The van der Waals surface area contributed by atoms with Crippen LogP contribution in [-0.2, 0) is 26.2 Å². The third kappa shape index (κ3) is 7.32. The smallest absolute Gasteiger partial charge is 0.244 e. The van der Waals surface area contributed by atoms with E-state index in [4.69, 9.17) is 0 Å². The Balaban J connectivity index is 2.44. The van der Waals surface area contributed by atoms with E-state index in [9.17, 15) is 18.0 Å². The molecule has 2 amide bonds. The number of hydrogen-bond donors (Lipinski definition) is 1. The van der Waals surface area contributed by atoms with Gasteiger partial charge in [0.25, 0.3) is 0 Å². The number of nitrogens with one attached hydrogen (secondary N) is 1. The van der Waals surface area contributed by atoms with Gasteiger partial charge < -0.3 is 10.2 Å². The third-order valence-corrected chi connectivity index (χ3v) is 6.57. The number of aryl methyl sites for hydroxylation is 2. The lowest BCUT2D eigenvalue weighted by atomic mass is 10.1. The summed E-state index contributed by atoms with van der Waals surface area (Å²) >= 11 is 0. The molecule has 0 unspecified atom stereocenters. The largest absolute Gasteiger partial charge is 0.354 e. The van der Waals surface area contributed by atoms with Gasteiger partial charge in [-0.3, -0.25) is 13.9 Å². The van der Waals surface area contributed by atoms with E-state index in [0.29, 0.717) is 18.7 Å². The maximum atomic E-state index is 13.6. The standard InChI is InChI=1S/C25H35N3O4S/c1-6-15-26-25(30)22(7-2)27(17-21-11-9-8-10-12-21)24(29)18-28(33(5,31)32)23-16-19(3)13-14-20(23)4/h8-14,16,22H,6-7,15,17-18H2,1-5H3,(H,26,30)/t22-/m0/s1. The molecule has 2 aromatic carbocycles. The van der Waals surface area contributed by atoms with Crippen LogP contribution in [-0.4, -0.2) is 50.5 Å². The van der Waals surface area contributed by atoms with Gasteiger partial charge in [-0.1, -0.05) is 56.3 Å². The minimum atomic E-state index is -3.74. The van der Waals surface area contributed by atoms with Crippen LogP contribution in [0.5, 0.6) is 0 Å². The maximum Gasteiger partial charge on any atom is 0.244 e. The van der Waals surface area contributed by atoms with Crippen molar-refractivity contribution < 1.29 is 18.0 Å². The van der Waals surface area contributed by atoms with Gasteiger partial charge in [-0.05, 0) is 49.4 Å². The summed E-state index contributed by atoms with van der Waals surface area (Å²) in [4.78, 5) is 28.0. The Kier molecular flexibility index (Phi) is 9.46. The van der Waals surface area contributed by atoms with Crippen LogP contribution in [0.1, 0.15) is 43.4 Å². The van der Waals surface area contributed by atoms with Crippen molar-refractivity contribution in [2.45, 2.75) is 53.1 Å². The number of benzene rings is 2. The molecule has 7 nitrogen and oxygen atoms in total. The monoisotopic (exact) mass is 473 g/mol. The molecule has 33 heavy (non-hydrogen) atoms. The molecule has 0 spiro atoms. The minimum Gasteiger partial charge on any atom is -0.354 e. The lowest BCUT2D eigenvalue weighted by molar-refractivity contribution is -0.140. The van der Waals surface area contributed by atoms with Crippen molar-refractivity contribution in [1.82, 2.24) is 10.2 Å². The van der Waals surface area contributed by atoms with E-state index in [2.05, 4.69) is 5.32 Å². The Labute approximate surface area is 197 Å². The Hall–Kier alpha value is -2.87. The highest BCUT2D eigenvalue weighted by atomic mass is 32.2. The number of carbonyl (C=O) groups is 2. The molecule has 0 fully saturated rings. The van der Waals surface area contributed by atoms with E-state index in [1.54, 1.807) is 6.07 Å². The van der Waals surface area contributed by atoms with Crippen LogP contribution in [0.2, 0.25) is 0 Å². The van der Waals surface area contributed by atoms with E-state index in [1.165, 1.54) is 4.90 Å². The molecule has 0 saturated carbocycles. The van der Waals surface area contributed by atoms with Crippen LogP contribution in [0.4, 0.5) is 5.69 Å². The first-order valence-electron chi connectivity index (χ1n) is 11.2. The van der Waals surface area contributed by atoms with Crippen molar-refractivity contribution in [2.75, 3.05) is 23.7 Å². The Morgan fingerprint density at radius 3 is 2.27 bits per heavy atom. The summed E-state index contributed by atoms with van der Waals surface area (Å²) in [6, 6.07) is 14.2. The quantitative estimate of drug-likeness (QED) is 0.542. The minimum absolute atomic E-state index is 0.210. The first-order valence-corrected chi connectivity index (χ1v) is 13.1. The molecule has 8 heteroatoms. The predicted molar refractivity (Wildman–Crippen MR) is 132 cm³/mol. The summed E-state index contributed by atoms with van der Waals surface area (Å²) in [5, 5.41) is 2.87. The number of amides is 2. The first-order chi connectivity index (χ1) is 15.6. The van der Waals surface area contributed by atoms with Gasteiger partial charge in [0.2, 0.25) is 21.8 Å². The van der Waals surface area contributed by atoms with Gasteiger partial charge in [-0.15, -0.1) is 0 Å². The summed E-state index contributed by atoms with van der Waals surface area (Å²) in [7, 11) is -3.74. The molecular formula is C25H35N3O4S. The summed E-state index contributed by atoms with van der Waals surface area (Å²) in [5.41, 5.74) is 2.98. The fourth-order valence-corrected chi connectivity index (χ4v) is 4.55. The van der Waals surface area contributed by atoms with Gasteiger partial charge in [0, 0.05) is 13.1 Å². The molecule has 0 heterocycles. The SMILES string of the molecule is CCCNC(=O)[C@H](CC)N(Cc1ccccc1)C(=O)CN(c1cc(C)ccc1C)S(C)(=O)=O. The van der Waals surface area contributed by atoms with Crippen LogP contribution < -0.4 is 9.62 Å². The number of nitrogens with zero attached hydrogens (tertiary/aromatic N) is 2. The lowest BCUT2D eigenvalue weighted by Crippen LogP contribution is -2.52. The van der Waals surface area contributed by atoms with E-state index < -0.39 is 22.0 Å². The second kappa shape index (κ2) is 11.8. The molecule has 0 aromatic heterocycles. The number of anilines is 1. The molecule has 2 rings (SSSR count). The van der Waals surface area contributed by atoms with Gasteiger partial charge in [0.15, 0.2) is 0 Å². The van der Waals surface area contributed by atoms with Crippen LogP contribution in [0, 0.1) is 13.8 Å². The van der Waals surface area contributed by atoms with Crippen molar-refractivity contribution >= 4 is 27.5 Å². The Bertz CT molecular complexity index is 1050. The van der Waals surface area contributed by atoms with Crippen LogP contribution >= 0.6 is 0 Å². The summed E-state index contributed by atoms with van der Waals surface area (Å²) in [6.07, 6.45) is 2.29. The zero-order chi connectivity index (χ0) is 24.6. The fourth-order valence-electron chi connectivity index (χ4n) is 3.65. The van der Waals surface area contributed by atoms with Crippen molar-refractivity contribution in [3.63, 3.8) is 0 Å². The first kappa shape index (κ1) is 26.4. The number of carbonyl (C=O) groups excluding carboxylic acids is 2. The normalized spacial score (nSPS) is 12.2. The van der Waals surface area contributed by atoms with Gasteiger partial charge in [-0.2, -0.15) is 0 Å². The molecule has 0 radical (unpaired) electrons. The average Bonchev–Trinajstić information content (AvgIpc) is 2.77. The maximum absolute atomic E-state index is 13.6. The predicted octanol–water partition coefficient (Wildman–Crippen LogP) is 3.40. The number of rotatable bonds is 11. The second-order valence-electron chi connectivity index (χ2n) is 8.28. The van der Waals surface area contributed by atoms with E-state index in [-0.39, 0.29) is 19.0 Å². The topological polar surface area (TPSA) is 86.8 Å². The molecule has 0 saturated heterocycles. The van der Waals surface area contributed by atoms with Crippen LogP contribution in [0.25, 0.3) is 0 Å². The fraction of sp³-hybridized carbons (Fsp3) is 0.440. The highest BCUT2D eigenvalue weighted by Crippen LogP contribution is 2.24. The molecule has 2 aromatic rings. The van der Waals surface area contributed by atoms with Gasteiger partial charge in [0.1, 0.15) is 12.6 Å². The summed E-state index contributed by atoms with van der Waals surface area (Å²) in [6.45, 7) is 7.84. The van der Waals surface area contributed by atoms with Gasteiger partial charge in [-0.25, -0.2) is 8.42 Å². The molecule has 0 aliphatic rings. The molecule has 180 valence electrons. The molecule has 0 bridgehead atoms. The van der Waals surface area contributed by atoms with Crippen LogP contribution in [0.3, 0.4) is 0 Å². The zero-order valence-electron chi connectivity index (χ0n) is 20.2. The lowest BCUT2D eigenvalue weighted by Gasteiger charge is -2.33. The Morgan fingerprint density at radius 2 is 1.70 bits per heavy atom.